The Morgan fingerprint density at radius 2 is 2.18 bits per heavy atom. The van der Waals surface area contributed by atoms with E-state index in [0.29, 0.717) is 13.0 Å². The quantitative estimate of drug-likeness (QED) is 0.719. The van der Waals surface area contributed by atoms with Crippen LogP contribution in [0, 0.1) is 5.41 Å². The maximum Gasteiger partial charge on any atom is 0.244 e. The zero-order valence-electron chi connectivity index (χ0n) is 10.4. The molecule has 0 spiro atoms. The highest BCUT2D eigenvalue weighted by molar-refractivity contribution is 5.91. The van der Waals surface area contributed by atoms with Crippen molar-refractivity contribution in [1.82, 2.24) is 10.2 Å². The molecule has 5 heteroatoms. The summed E-state index contributed by atoms with van der Waals surface area (Å²) in [6.07, 6.45) is 4.53. The second-order valence-electron chi connectivity index (χ2n) is 5.27. The van der Waals surface area contributed by atoms with E-state index in [-0.39, 0.29) is 17.9 Å². The van der Waals surface area contributed by atoms with Crippen LogP contribution < -0.4 is 11.1 Å². The third-order valence-corrected chi connectivity index (χ3v) is 4.17. The monoisotopic (exact) mass is 239 g/mol. The van der Waals surface area contributed by atoms with E-state index in [1.54, 1.807) is 11.9 Å². The number of rotatable bonds is 3. The molecule has 5 nitrogen and oxygen atoms in total. The lowest BCUT2D eigenvalue weighted by Crippen LogP contribution is -2.50. The Morgan fingerprint density at radius 3 is 2.65 bits per heavy atom. The average molecular weight is 239 g/mol. The van der Waals surface area contributed by atoms with Crippen LogP contribution in [-0.2, 0) is 9.59 Å². The molecule has 2 fully saturated rings. The summed E-state index contributed by atoms with van der Waals surface area (Å²) >= 11 is 0. The second-order valence-corrected chi connectivity index (χ2v) is 5.27. The molecule has 1 unspecified atom stereocenters. The van der Waals surface area contributed by atoms with Crippen LogP contribution in [-0.4, -0.2) is 42.9 Å². The van der Waals surface area contributed by atoms with Gasteiger partial charge in [-0.05, 0) is 19.3 Å². The maximum atomic E-state index is 12.2. The lowest BCUT2D eigenvalue weighted by atomic mass is 9.85. The number of hydrogen-bond acceptors (Lipinski definition) is 3. The first-order chi connectivity index (χ1) is 8.09. The van der Waals surface area contributed by atoms with E-state index >= 15 is 0 Å². The van der Waals surface area contributed by atoms with Gasteiger partial charge in [-0.3, -0.25) is 9.59 Å². The molecule has 96 valence electrons. The smallest absolute Gasteiger partial charge is 0.244 e. The van der Waals surface area contributed by atoms with E-state index in [4.69, 9.17) is 5.73 Å². The minimum atomic E-state index is -0.415. The largest absolute Gasteiger partial charge is 0.344 e. The Kier molecular flexibility index (Phi) is 3.38. The Labute approximate surface area is 102 Å². The van der Waals surface area contributed by atoms with Gasteiger partial charge in [-0.15, -0.1) is 0 Å². The van der Waals surface area contributed by atoms with E-state index in [9.17, 15) is 9.59 Å². The number of carbonyl (C=O) groups is 2. The summed E-state index contributed by atoms with van der Waals surface area (Å²) in [6.45, 7) is 1.11. The second kappa shape index (κ2) is 4.64. The van der Waals surface area contributed by atoms with Gasteiger partial charge in [0.25, 0.3) is 0 Å². The molecule has 2 rings (SSSR count). The Morgan fingerprint density at radius 1 is 1.53 bits per heavy atom. The predicted octanol–water partition coefficient (Wildman–Crippen LogP) is -0.148. The lowest BCUT2D eigenvalue weighted by molar-refractivity contribution is -0.136. The topological polar surface area (TPSA) is 75.4 Å². The number of carbonyl (C=O) groups excluding carboxylic acids is 2. The van der Waals surface area contributed by atoms with Gasteiger partial charge >= 0.3 is 0 Å². The molecule has 1 heterocycles. The van der Waals surface area contributed by atoms with Crippen LogP contribution in [0.4, 0.5) is 0 Å². The normalized spacial score (nSPS) is 27.5. The predicted molar refractivity (Wildman–Crippen MR) is 64.1 cm³/mol. The van der Waals surface area contributed by atoms with Gasteiger partial charge in [-0.1, -0.05) is 12.8 Å². The van der Waals surface area contributed by atoms with Crippen molar-refractivity contribution in [2.75, 3.05) is 20.1 Å². The van der Waals surface area contributed by atoms with E-state index in [1.165, 1.54) is 0 Å². The highest BCUT2D eigenvalue weighted by Gasteiger charge is 2.42. The number of likely N-dealkylation sites (N-methyl/N-ethyl adjacent to an activating group) is 1. The number of likely N-dealkylation sites (tertiary alicyclic amines) is 1. The van der Waals surface area contributed by atoms with Gasteiger partial charge < -0.3 is 16.0 Å². The highest BCUT2D eigenvalue weighted by atomic mass is 16.2. The molecule has 2 aliphatic rings. The first kappa shape index (κ1) is 12.4. The Hall–Kier alpha value is -1.10. The molecule has 0 aromatic rings. The van der Waals surface area contributed by atoms with Crippen molar-refractivity contribution in [3.05, 3.63) is 0 Å². The molecule has 1 aliphatic heterocycles. The molecule has 2 amide bonds. The number of nitrogens with one attached hydrogen (secondary N) is 1. The van der Waals surface area contributed by atoms with Gasteiger partial charge in [-0.25, -0.2) is 0 Å². The number of hydrogen-bond donors (Lipinski definition) is 2. The fourth-order valence-electron chi connectivity index (χ4n) is 2.84. The third-order valence-electron chi connectivity index (χ3n) is 4.17. The summed E-state index contributed by atoms with van der Waals surface area (Å²) in [4.78, 5) is 25.6. The van der Waals surface area contributed by atoms with E-state index in [1.807, 2.05) is 0 Å². The summed E-state index contributed by atoms with van der Waals surface area (Å²) in [5, 5.41) is 2.88. The molecule has 0 aromatic carbocycles. The van der Waals surface area contributed by atoms with Crippen molar-refractivity contribution in [1.29, 1.82) is 0 Å². The summed E-state index contributed by atoms with van der Waals surface area (Å²) < 4.78 is 0. The first-order valence-corrected chi connectivity index (χ1v) is 6.35. The number of nitrogens with zero attached hydrogens (tertiary/aromatic N) is 1. The van der Waals surface area contributed by atoms with Crippen LogP contribution in [0.25, 0.3) is 0 Å². The standard InChI is InChI=1S/C12H21N3O2/c1-15-7-4-9(10(15)16)14-11(17)12(8-13)5-2-3-6-12/h9H,2-8,13H2,1H3,(H,14,17). The van der Waals surface area contributed by atoms with Crippen LogP contribution in [0.2, 0.25) is 0 Å². The highest BCUT2D eigenvalue weighted by Crippen LogP contribution is 2.37. The van der Waals surface area contributed by atoms with E-state index < -0.39 is 5.41 Å². The van der Waals surface area contributed by atoms with Gasteiger partial charge in [0.05, 0.1) is 5.41 Å². The van der Waals surface area contributed by atoms with E-state index in [0.717, 1.165) is 32.2 Å². The van der Waals surface area contributed by atoms with Gasteiger partial charge in [0.15, 0.2) is 0 Å². The lowest BCUT2D eigenvalue weighted by Gasteiger charge is -2.27. The minimum absolute atomic E-state index is 0.0171. The van der Waals surface area contributed by atoms with Crippen molar-refractivity contribution in [2.24, 2.45) is 11.1 Å². The van der Waals surface area contributed by atoms with Crippen LogP contribution in [0.1, 0.15) is 32.1 Å². The summed E-state index contributed by atoms with van der Waals surface area (Å²) in [7, 11) is 1.77. The summed E-state index contributed by atoms with van der Waals surface area (Å²) in [5.74, 6) is -0.00494. The number of amides is 2. The molecular formula is C12H21N3O2. The fourth-order valence-corrected chi connectivity index (χ4v) is 2.84. The van der Waals surface area contributed by atoms with Crippen molar-refractivity contribution in [2.45, 2.75) is 38.1 Å². The molecule has 1 saturated carbocycles. The molecule has 0 radical (unpaired) electrons. The molecule has 0 aromatic heterocycles. The zero-order chi connectivity index (χ0) is 12.5. The molecular weight excluding hydrogens is 218 g/mol. The van der Waals surface area contributed by atoms with E-state index in [2.05, 4.69) is 5.32 Å². The fraction of sp³-hybridized carbons (Fsp3) is 0.833. The summed E-state index contributed by atoms with van der Waals surface area (Å²) in [6, 6.07) is -0.337. The van der Waals surface area contributed by atoms with Gasteiger partial charge in [0.1, 0.15) is 6.04 Å². The van der Waals surface area contributed by atoms with Crippen LogP contribution in [0.15, 0.2) is 0 Å². The molecule has 17 heavy (non-hydrogen) atoms. The van der Waals surface area contributed by atoms with Crippen LogP contribution in [0.5, 0.6) is 0 Å². The Balaban J connectivity index is 1.99. The summed E-state index contributed by atoms with van der Waals surface area (Å²) in [5.41, 5.74) is 5.33. The molecule has 1 atom stereocenters. The minimum Gasteiger partial charge on any atom is -0.344 e. The van der Waals surface area contributed by atoms with Crippen molar-refractivity contribution >= 4 is 11.8 Å². The maximum absolute atomic E-state index is 12.2. The molecule has 1 aliphatic carbocycles. The van der Waals surface area contributed by atoms with Gasteiger partial charge in [0, 0.05) is 20.1 Å². The SMILES string of the molecule is CN1CCC(NC(=O)C2(CN)CCCC2)C1=O. The molecule has 1 saturated heterocycles. The van der Waals surface area contributed by atoms with Gasteiger partial charge in [-0.2, -0.15) is 0 Å². The Bertz CT molecular complexity index is 324. The number of nitrogens with two attached hydrogens (primary N) is 1. The molecule has 3 N–H and O–H groups in total. The van der Waals surface area contributed by atoms with Crippen molar-refractivity contribution in [3.8, 4) is 0 Å². The molecule has 0 bridgehead atoms. The van der Waals surface area contributed by atoms with Gasteiger partial charge in [0.2, 0.25) is 11.8 Å². The third kappa shape index (κ3) is 2.16. The van der Waals surface area contributed by atoms with Crippen LogP contribution >= 0.6 is 0 Å². The first-order valence-electron chi connectivity index (χ1n) is 6.35. The average Bonchev–Trinajstić information content (AvgIpc) is 2.92. The van der Waals surface area contributed by atoms with Crippen LogP contribution in [0.3, 0.4) is 0 Å². The van der Waals surface area contributed by atoms with Crippen molar-refractivity contribution < 1.29 is 9.59 Å². The van der Waals surface area contributed by atoms with Crippen molar-refractivity contribution in [3.63, 3.8) is 0 Å². The zero-order valence-corrected chi connectivity index (χ0v) is 10.4.